The van der Waals surface area contributed by atoms with Crippen LogP contribution in [0.5, 0.6) is 5.75 Å². The lowest BCUT2D eigenvalue weighted by molar-refractivity contribution is -0.126. The van der Waals surface area contributed by atoms with E-state index in [-0.39, 0.29) is 11.4 Å². The summed E-state index contributed by atoms with van der Waals surface area (Å²) in [6, 6.07) is 13.7. The van der Waals surface area contributed by atoms with Gasteiger partial charge < -0.3 is 4.74 Å². The van der Waals surface area contributed by atoms with Crippen LogP contribution in [0.4, 0.5) is 0 Å². The standard InChI is InChI=1S/C23H20BrNO4S/c1-16-6-10-21(11-7-16)30(27,28)25-15-18-8-9-19(24)12-13-23(18,22(25)26)17-4-3-5-20(14-17)29-2/h3-14H,15H2,1-2H3/t23-/m1/s1. The normalized spacial score (nSPS) is 21.0. The van der Waals surface area contributed by atoms with Crippen molar-refractivity contribution in [2.24, 2.45) is 0 Å². The van der Waals surface area contributed by atoms with Crippen molar-refractivity contribution in [2.75, 3.05) is 13.7 Å². The number of amides is 1. The van der Waals surface area contributed by atoms with Crippen molar-refractivity contribution >= 4 is 31.9 Å². The molecule has 5 nitrogen and oxygen atoms in total. The first-order valence-electron chi connectivity index (χ1n) is 9.33. The minimum absolute atomic E-state index is 0.0205. The fraction of sp³-hybridized carbons (Fsp3) is 0.174. The van der Waals surface area contributed by atoms with Crippen LogP contribution in [0.15, 0.2) is 87.8 Å². The number of rotatable bonds is 4. The van der Waals surface area contributed by atoms with Gasteiger partial charge in [-0.25, -0.2) is 12.7 Å². The number of allylic oxidation sites excluding steroid dienone is 4. The molecule has 0 saturated carbocycles. The van der Waals surface area contributed by atoms with E-state index < -0.39 is 21.3 Å². The first-order chi connectivity index (χ1) is 14.3. The smallest absolute Gasteiger partial charge is 0.266 e. The van der Waals surface area contributed by atoms with Gasteiger partial charge in [-0.15, -0.1) is 0 Å². The van der Waals surface area contributed by atoms with E-state index in [1.54, 1.807) is 49.6 Å². The molecule has 4 rings (SSSR count). The van der Waals surface area contributed by atoms with Crippen molar-refractivity contribution in [2.45, 2.75) is 17.2 Å². The molecular formula is C23H20BrNO4S. The average molecular weight is 486 g/mol. The third-order valence-corrected chi connectivity index (χ3v) is 7.73. The Bertz CT molecular complexity index is 1210. The number of hydrogen-bond acceptors (Lipinski definition) is 4. The molecule has 1 atom stereocenters. The monoisotopic (exact) mass is 485 g/mol. The summed E-state index contributed by atoms with van der Waals surface area (Å²) in [6.07, 6.45) is 7.17. The molecule has 2 aliphatic rings. The summed E-state index contributed by atoms with van der Waals surface area (Å²) >= 11 is 3.45. The number of halogens is 1. The Labute approximate surface area is 184 Å². The average Bonchev–Trinajstić information content (AvgIpc) is 2.92. The van der Waals surface area contributed by atoms with Gasteiger partial charge in [-0.2, -0.15) is 0 Å². The summed E-state index contributed by atoms with van der Waals surface area (Å²) in [5, 5.41) is 0. The number of fused-ring (bicyclic) bond motifs is 1. The predicted molar refractivity (Wildman–Crippen MR) is 119 cm³/mol. The van der Waals surface area contributed by atoms with Gasteiger partial charge in [-0.05, 0) is 48.4 Å². The predicted octanol–water partition coefficient (Wildman–Crippen LogP) is 4.25. The number of hydrogen-bond donors (Lipinski definition) is 0. The van der Waals surface area contributed by atoms with E-state index in [9.17, 15) is 13.2 Å². The van der Waals surface area contributed by atoms with Crippen LogP contribution in [-0.2, 0) is 20.2 Å². The fourth-order valence-corrected chi connectivity index (χ4v) is 5.46. The van der Waals surface area contributed by atoms with Crippen molar-refractivity contribution in [3.63, 3.8) is 0 Å². The zero-order valence-electron chi connectivity index (χ0n) is 16.5. The highest BCUT2D eigenvalue weighted by Crippen LogP contribution is 2.45. The molecule has 1 aliphatic carbocycles. The molecule has 1 fully saturated rings. The largest absolute Gasteiger partial charge is 0.497 e. The van der Waals surface area contributed by atoms with E-state index in [4.69, 9.17) is 4.74 Å². The van der Waals surface area contributed by atoms with Crippen LogP contribution in [0, 0.1) is 6.92 Å². The van der Waals surface area contributed by atoms with Crippen molar-refractivity contribution in [1.29, 1.82) is 0 Å². The highest BCUT2D eigenvalue weighted by molar-refractivity contribution is 9.11. The van der Waals surface area contributed by atoms with Gasteiger partial charge in [0.1, 0.15) is 11.2 Å². The molecule has 0 bridgehead atoms. The molecule has 0 spiro atoms. The van der Waals surface area contributed by atoms with Crippen LogP contribution in [0.25, 0.3) is 0 Å². The molecule has 154 valence electrons. The van der Waals surface area contributed by atoms with Crippen LogP contribution in [0.1, 0.15) is 11.1 Å². The Morgan fingerprint density at radius 1 is 1.10 bits per heavy atom. The van der Waals surface area contributed by atoms with E-state index >= 15 is 0 Å². The molecule has 1 aliphatic heterocycles. The van der Waals surface area contributed by atoms with E-state index in [2.05, 4.69) is 15.9 Å². The van der Waals surface area contributed by atoms with Crippen molar-refractivity contribution in [3.05, 3.63) is 94.0 Å². The molecule has 0 N–H and O–H groups in total. The van der Waals surface area contributed by atoms with Crippen LogP contribution >= 0.6 is 15.9 Å². The minimum Gasteiger partial charge on any atom is -0.497 e. The zero-order chi connectivity index (χ0) is 21.5. The van der Waals surface area contributed by atoms with Crippen LogP contribution in [0.3, 0.4) is 0 Å². The zero-order valence-corrected chi connectivity index (χ0v) is 18.9. The van der Waals surface area contributed by atoms with E-state index in [1.807, 2.05) is 25.1 Å². The maximum Gasteiger partial charge on any atom is 0.266 e. The molecule has 2 aromatic carbocycles. The molecule has 2 aromatic rings. The molecule has 7 heteroatoms. The molecule has 0 unspecified atom stereocenters. The maximum atomic E-state index is 13.8. The lowest BCUT2D eigenvalue weighted by Crippen LogP contribution is -2.40. The van der Waals surface area contributed by atoms with E-state index in [0.29, 0.717) is 16.9 Å². The quantitative estimate of drug-likeness (QED) is 0.649. The lowest BCUT2D eigenvalue weighted by atomic mass is 9.75. The van der Waals surface area contributed by atoms with Crippen molar-refractivity contribution in [3.8, 4) is 5.75 Å². The Balaban J connectivity index is 1.89. The number of methoxy groups -OCH3 is 1. The van der Waals surface area contributed by atoms with Crippen LogP contribution < -0.4 is 4.74 Å². The number of carbonyl (C=O) groups excluding carboxylic acids is 1. The number of aryl methyl sites for hydroxylation is 1. The summed E-state index contributed by atoms with van der Waals surface area (Å²) in [7, 11) is -2.45. The van der Waals surface area contributed by atoms with Gasteiger partial charge in [0.05, 0.1) is 18.6 Å². The second-order valence-corrected chi connectivity index (χ2v) is 10.0. The SMILES string of the molecule is COc1cccc([C@]23C=CC(Br)=CC=C2CN(S(=O)(=O)c2ccc(C)cc2)C3=O)c1. The molecule has 0 aromatic heterocycles. The van der Waals surface area contributed by atoms with Gasteiger partial charge in [0.25, 0.3) is 15.9 Å². The van der Waals surface area contributed by atoms with E-state index in [1.165, 1.54) is 12.1 Å². The second-order valence-electron chi connectivity index (χ2n) is 7.25. The summed E-state index contributed by atoms with van der Waals surface area (Å²) in [4.78, 5) is 13.9. The Kier molecular flexibility index (Phi) is 5.20. The first-order valence-corrected chi connectivity index (χ1v) is 11.6. The number of benzene rings is 2. The Morgan fingerprint density at radius 2 is 1.83 bits per heavy atom. The highest BCUT2D eigenvalue weighted by Gasteiger charge is 2.54. The van der Waals surface area contributed by atoms with Gasteiger partial charge in [-0.1, -0.05) is 64.0 Å². The van der Waals surface area contributed by atoms with Gasteiger partial charge in [0, 0.05) is 4.48 Å². The van der Waals surface area contributed by atoms with Crippen molar-refractivity contribution < 1.29 is 17.9 Å². The van der Waals surface area contributed by atoms with Gasteiger partial charge in [0.2, 0.25) is 0 Å². The molecule has 1 amide bonds. The third-order valence-electron chi connectivity index (χ3n) is 5.45. The molecule has 1 saturated heterocycles. The topological polar surface area (TPSA) is 63.7 Å². The number of ether oxygens (including phenoxy) is 1. The highest BCUT2D eigenvalue weighted by atomic mass is 79.9. The second kappa shape index (κ2) is 7.56. The van der Waals surface area contributed by atoms with Gasteiger partial charge in [0.15, 0.2) is 0 Å². The van der Waals surface area contributed by atoms with E-state index in [0.717, 1.165) is 14.4 Å². The molecule has 1 heterocycles. The van der Waals surface area contributed by atoms with Gasteiger partial charge >= 0.3 is 0 Å². The van der Waals surface area contributed by atoms with Crippen LogP contribution in [-0.4, -0.2) is 32.3 Å². The molecule has 0 radical (unpaired) electrons. The summed E-state index contributed by atoms with van der Waals surface area (Å²) in [6.45, 7) is 1.86. The van der Waals surface area contributed by atoms with Crippen LogP contribution in [0.2, 0.25) is 0 Å². The first kappa shape index (κ1) is 20.6. The van der Waals surface area contributed by atoms with Crippen molar-refractivity contribution in [1.82, 2.24) is 4.31 Å². The summed E-state index contributed by atoms with van der Waals surface area (Å²) in [5.74, 6) is 0.0907. The number of sulfonamides is 1. The third kappa shape index (κ3) is 3.22. The Morgan fingerprint density at radius 3 is 2.53 bits per heavy atom. The maximum absolute atomic E-state index is 13.8. The minimum atomic E-state index is -4.00. The summed E-state index contributed by atoms with van der Waals surface area (Å²) in [5.41, 5.74) is 1.06. The molecule has 30 heavy (non-hydrogen) atoms. The Hall–Kier alpha value is -2.64. The lowest BCUT2D eigenvalue weighted by Gasteiger charge is -2.26. The summed E-state index contributed by atoms with van der Waals surface area (Å²) < 4.78 is 33.8. The number of nitrogens with zero attached hydrogens (tertiary/aromatic N) is 1. The number of carbonyl (C=O) groups is 1. The molecular weight excluding hydrogens is 466 g/mol. The fourth-order valence-electron chi connectivity index (χ4n) is 3.79. The van der Waals surface area contributed by atoms with Gasteiger partial charge in [-0.3, -0.25) is 4.79 Å².